The van der Waals surface area contributed by atoms with Crippen LogP contribution >= 0.6 is 0 Å². The summed E-state index contributed by atoms with van der Waals surface area (Å²) in [7, 11) is 0. The highest BCUT2D eigenvalue weighted by molar-refractivity contribution is 6.02. The molecule has 0 aliphatic heterocycles. The van der Waals surface area contributed by atoms with Gasteiger partial charge in [0.25, 0.3) is 5.91 Å². The van der Waals surface area contributed by atoms with Crippen molar-refractivity contribution in [1.82, 2.24) is 5.16 Å². The Morgan fingerprint density at radius 3 is 2.41 bits per heavy atom. The minimum atomic E-state index is -0.730. The number of hydrogen-bond donors (Lipinski definition) is 2. The first-order chi connectivity index (χ1) is 14.0. The van der Waals surface area contributed by atoms with Crippen LogP contribution in [0.3, 0.4) is 0 Å². The van der Waals surface area contributed by atoms with Gasteiger partial charge in [0.05, 0.1) is 17.7 Å². The Kier molecular flexibility index (Phi) is 6.36. The van der Waals surface area contributed by atoms with Crippen LogP contribution in [0.1, 0.15) is 21.7 Å². The average molecular weight is 393 g/mol. The first-order valence-corrected chi connectivity index (χ1v) is 8.84. The predicted octanol–water partition coefficient (Wildman–Crippen LogP) is 2.96. The second-order valence-corrected chi connectivity index (χ2v) is 6.20. The molecule has 0 atom stereocenters. The van der Waals surface area contributed by atoms with Crippen LogP contribution < -0.4 is 10.6 Å². The minimum absolute atomic E-state index is 0.152. The van der Waals surface area contributed by atoms with Crippen LogP contribution in [0.2, 0.25) is 0 Å². The van der Waals surface area contributed by atoms with E-state index in [2.05, 4.69) is 15.8 Å². The number of benzene rings is 2. The van der Waals surface area contributed by atoms with E-state index in [1.807, 2.05) is 30.3 Å². The number of carbonyl (C=O) groups is 3. The number of nitrogens with one attached hydrogen (secondary N) is 2. The van der Waals surface area contributed by atoms with E-state index in [0.29, 0.717) is 11.4 Å². The summed E-state index contributed by atoms with van der Waals surface area (Å²) in [6.45, 7) is 1.18. The van der Waals surface area contributed by atoms with E-state index in [4.69, 9.17) is 9.26 Å². The highest BCUT2D eigenvalue weighted by atomic mass is 16.5. The van der Waals surface area contributed by atoms with Crippen molar-refractivity contribution in [3.05, 3.63) is 77.6 Å². The molecular formula is C21H19N3O5. The van der Waals surface area contributed by atoms with Gasteiger partial charge in [0, 0.05) is 6.07 Å². The second kappa shape index (κ2) is 9.32. The summed E-state index contributed by atoms with van der Waals surface area (Å²) < 4.78 is 9.89. The molecule has 148 valence electrons. The number of ether oxygens (including phenoxy) is 1. The Balaban J connectivity index is 1.58. The van der Waals surface area contributed by atoms with Gasteiger partial charge in [-0.15, -0.1) is 0 Å². The number of anilines is 2. The molecular weight excluding hydrogens is 374 g/mol. The van der Waals surface area contributed by atoms with Crippen LogP contribution in [0, 0.1) is 6.92 Å². The van der Waals surface area contributed by atoms with Crippen molar-refractivity contribution in [1.29, 1.82) is 0 Å². The number of amides is 2. The summed E-state index contributed by atoms with van der Waals surface area (Å²) in [4.78, 5) is 36.5. The van der Waals surface area contributed by atoms with E-state index in [-0.39, 0.29) is 23.7 Å². The van der Waals surface area contributed by atoms with E-state index in [1.54, 1.807) is 25.1 Å². The summed E-state index contributed by atoms with van der Waals surface area (Å²) in [5.41, 5.74) is 1.31. The topological polar surface area (TPSA) is 111 Å². The molecule has 29 heavy (non-hydrogen) atoms. The van der Waals surface area contributed by atoms with Gasteiger partial charge in [-0.25, -0.2) is 4.79 Å². The highest BCUT2D eigenvalue weighted by Crippen LogP contribution is 2.17. The van der Waals surface area contributed by atoms with Crippen LogP contribution in [0.4, 0.5) is 11.5 Å². The zero-order chi connectivity index (χ0) is 20.6. The van der Waals surface area contributed by atoms with Gasteiger partial charge in [0.2, 0.25) is 5.91 Å². The summed E-state index contributed by atoms with van der Waals surface area (Å²) in [5.74, 6) is -0.783. The van der Waals surface area contributed by atoms with Crippen LogP contribution in [0.5, 0.6) is 0 Å². The standard InChI is InChI=1S/C21H19N3O5/c1-14-11-18(24-29-14)23-20(26)13-28-21(27)16-9-5-6-10-17(16)22-19(25)12-15-7-3-2-4-8-15/h2-11H,12-13H2,1H3,(H,22,25)(H,23,24,26). The fraction of sp³-hybridized carbons (Fsp3) is 0.143. The minimum Gasteiger partial charge on any atom is -0.452 e. The Morgan fingerprint density at radius 1 is 0.966 bits per heavy atom. The third-order valence-electron chi connectivity index (χ3n) is 3.86. The Morgan fingerprint density at radius 2 is 1.69 bits per heavy atom. The summed E-state index contributed by atoms with van der Waals surface area (Å²) in [6, 6.07) is 17.2. The van der Waals surface area contributed by atoms with Crippen molar-refractivity contribution in [3.8, 4) is 0 Å². The third kappa shape index (κ3) is 5.77. The zero-order valence-corrected chi connectivity index (χ0v) is 15.7. The Hall–Kier alpha value is -3.94. The third-order valence-corrected chi connectivity index (χ3v) is 3.86. The van der Waals surface area contributed by atoms with Gasteiger partial charge < -0.3 is 19.9 Å². The molecule has 2 aromatic carbocycles. The number of nitrogens with zero attached hydrogens (tertiary/aromatic N) is 1. The van der Waals surface area contributed by atoms with Gasteiger partial charge in [-0.3, -0.25) is 9.59 Å². The molecule has 2 N–H and O–H groups in total. The molecule has 0 aliphatic rings. The molecule has 0 unspecified atom stereocenters. The molecule has 0 saturated carbocycles. The highest BCUT2D eigenvalue weighted by Gasteiger charge is 2.16. The van der Waals surface area contributed by atoms with Crippen molar-refractivity contribution in [2.45, 2.75) is 13.3 Å². The second-order valence-electron chi connectivity index (χ2n) is 6.20. The molecule has 0 aliphatic carbocycles. The number of aromatic nitrogens is 1. The normalized spacial score (nSPS) is 10.2. The SMILES string of the molecule is Cc1cc(NC(=O)COC(=O)c2ccccc2NC(=O)Cc2ccccc2)no1. The van der Waals surface area contributed by atoms with Crippen LogP contribution in [0.15, 0.2) is 65.2 Å². The van der Waals surface area contributed by atoms with Gasteiger partial charge in [-0.05, 0) is 24.6 Å². The van der Waals surface area contributed by atoms with Crippen molar-refractivity contribution < 1.29 is 23.6 Å². The number of carbonyl (C=O) groups excluding carboxylic acids is 3. The Bertz CT molecular complexity index is 1010. The molecule has 0 saturated heterocycles. The number of esters is 1. The molecule has 1 aromatic heterocycles. The maximum atomic E-state index is 12.4. The molecule has 8 heteroatoms. The quantitative estimate of drug-likeness (QED) is 0.597. The summed E-state index contributed by atoms with van der Waals surface area (Å²) in [6.07, 6.45) is 0.170. The number of hydrogen-bond acceptors (Lipinski definition) is 6. The van der Waals surface area contributed by atoms with Crippen molar-refractivity contribution >= 4 is 29.3 Å². The fourth-order valence-electron chi connectivity index (χ4n) is 2.56. The lowest BCUT2D eigenvalue weighted by molar-refractivity contribution is -0.119. The van der Waals surface area contributed by atoms with E-state index in [0.717, 1.165) is 5.56 Å². The summed E-state index contributed by atoms with van der Waals surface area (Å²) >= 11 is 0. The largest absolute Gasteiger partial charge is 0.452 e. The van der Waals surface area contributed by atoms with Crippen molar-refractivity contribution in [3.63, 3.8) is 0 Å². The van der Waals surface area contributed by atoms with Gasteiger partial charge in [-0.1, -0.05) is 47.6 Å². The van der Waals surface area contributed by atoms with Crippen molar-refractivity contribution in [2.24, 2.45) is 0 Å². The molecule has 0 radical (unpaired) electrons. The summed E-state index contributed by atoms with van der Waals surface area (Å²) in [5, 5.41) is 8.79. The molecule has 1 heterocycles. The number of aryl methyl sites for hydroxylation is 1. The molecule has 2 amide bonds. The van der Waals surface area contributed by atoms with E-state index in [1.165, 1.54) is 12.1 Å². The van der Waals surface area contributed by atoms with Crippen LogP contribution in [-0.2, 0) is 20.7 Å². The average Bonchev–Trinajstić information content (AvgIpc) is 3.11. The smallest absolute Gasteiger partial charge is 0.340 e. The van der Waals surface area contributed by atoms with E-state index >= 15 is 0 Å². The number of para-hydroxylation sites is 1. The zero-order valence-electron chi connectivity index (χ0n) is 15.7. The monoisotopic (exact) mass is 393 g/mol. The lowest BCUT2D eigenvalue weighted by Gasteiger charge is -2.11. The first kappa shape index (κ1) is 19.8. The maximum absolute atomic E-state index is 12.4. The number of rotatable bonds is 7. The first-order valence-electron chi connectivity index (χ1n) is 8.84. The van der Waals surface area contributed by atoms with E-state index < -0.39 is 18.5 Å². The lowest BCUT2D eigenvalue weighted by Crippen LogP contribution is -2.22. The van der Waals surface area contributed by atoms with Crippen molar-refractivity contribution in [2.75, 3.05) is 17.2 Å². The molecule has 8 nitrogen and oxygen atoms in total. The Labute approximate surface area is 166 Å². The van der Waals surface area contributed by atoms with E-state index in [9.17, 15) is 14.4 Å². The molecule has 3 rings (SSSR count). The van der Waals surface area contributed by atoms with Gasteiger partial charge in [-0.2, -0.15) is 0 Å². The fourth-order valence-corrected chi connectivity index (χ4v) is 2.56. The maximum Gasteiger partial charge on any atom is 0.340 e. The molecule has 3 aromatic rings. The van der Waals surface area contributed by atoms with Gasteiger partial charge in [0.1, 0.15) is 5.76 Å². The molecule has 0 fully saturated rings. The lowest BCUT2D eigenvalue weighted by atomic mass is 10.1. The molecule has 0 bridgehead atoms. The predicted molar refractivity (Wildman–Crippen MR) is 105 cm³/mol. The molecule has 0 spiro atoms. The van der Waals surface area contributed by atoms with Gasteiger partial charge >= 0.3 is 5.97 Å². The van der Waals surface area contributed by atoms with Crippen LogP contribution in [0.25, 0.3) is 0 Å². The van der Waals surface area contributed by atoms with Crippen LogP contribution in [-0.4, -0.2) is 29.5 Å². The van der Waals surface area contributed by atoms with Gasteiger partial charge in [0.15, 0.2) is 12.4 Å².